The minimum atomic E-state index is -1.13. The maximum atomic E-state index is 13.9. The molecule has 21 heavy (non-hydrogen) atoms. The Kier molecular flexibility index (Phi) is 4.90. The number of benzene rings is 2. The highest BCUT2D eigenvalue weighted by Gasteiger charge is 2.16. The average molecular weight is 360 g/mol. The molecule has 2 rings (SSSR count). The first-order valence-electron chi connectivity index (χ1n) is 6.24. The molecule has 0 aliphatic heterocycles. The highest BCUT2D eigenvalue weighted by molar-refractivity contribution is 9.10. The van der Waals surface area contributed by atoms with Gasteiger partial charge in [-0.25, -0.2) is 8.78 Å². The van der Waals surface area contributed by atoms with E-state index in [0.29, 0.717) is 4.47 Å². The number of nitrogens with two attached hydrogens (primary N) is 1. The molecule has 2 nitrogen and oxygen atoms in total. The first-order chi connectivity index (χ1) is 9.88. The Balaban J connectivity index is 2.42. The third kappa shape index (κ3) is 3.77. The summed E-state index contributed by atoms with van der Waals surface area (Å²) in [6.45, 7) is 1.72. The van der Waals surface area contributed by atoms with Crippen LogP contribution < -0.4 is 10.5 Å². The second-order valence-electron chi connectivity index (χ2n) is 4.70. The van der Waals surface area contributed by atoms with Crippen molar-refractivity contribution in [1.29, 1.82) is 0 Å². The average Bonchev–Trinajstić information content (AvgIpc) is 2.39. The summed E-state index contributed by atoms with van der Waals surface area (Å²) in [7, 11) is 0. The van der Waals surface area contributed by atoms with Gasteiger partial charge in [-0.15, -0.1) is 0 Å². The smallest absolute Gasteiger partial charge is 0.201 e. The third-order valence-electron chi connectivity index (χ3n) is 2.78. The van der Waals surface area contributed by atoms with E-state index in [9.17, 15) is 13.2 Å². The molecule has 0 saturated carbocycles. The second kappa shape index (κ2) is 6.49. The van der Waals surface area contributed by atoms with E-state index in [2.05, 4.69) is 15.9 Å². The van der Waals surface area contributed by atoms with Crippen LogP contribution in [0.15, 0.2) is 34.8 Å². The van der Waals surface area contributed by atoms with Gasteiger partial charge in [0.15, 0.2) is 11.6 Å². The number of halogens is 4. The highest BCUT2D eigenvalue weighted by atomic mass is 79.9. The summed E-state index contributed by atoms with van der Waals surface area (Å²) in [6, 6.07) is 6.15. The van der Waals surface area contributed by atoms with Crippen LogP contribution in [-0.4, -0.2) is 6.04 Å². The monoisotopic (exact) mass is 359 g/mol. The van der Waals surface area contributed by atoms with Crippen molar-refractivity contribution >= 4 is 15.9 Å². The molecule has 2 aromatic carbocycles. The van der Waals surface area contributed by atoms with Crippen molar-refractivity contribution in [3.8, 4) is 11.5 Å². The molecule has 112 valence electrons. The van der Waals surface area contributed by atoms with E-state index in [1.165, 1.54) is 24.3 Å². The van der Waals surface area contributed by atoms with Gasteiger partial charge in [-0.05, 0) is 37.6 Å². The largest absolute Gasteiger partial charge is 0.454 e. The molecule has 0 bridgehead atoms. The Morgan fingerprint density at radius 3 is 2.52 bits per heavy atom. The SMILES string of the molecule is CC(N)Cc1c(F)cccc1Oc1cc(Br)cc(F)c1F. The number of hydrogen-bond acceptors (Lipinski definition) is 2. The van der Waals surface area contributed by atoms with Crippen molar-refractivity contribution in [2.45, 2.75) is 19.4 Å². The van der Waals surface area contributed by atoms with Crippen LogP contribution >= 0.6 is 15.9 Å². The minimum Gasteiger partial charge on any atom is -0.454 e. The van der Waals surface area contributed by atoms with Crippen molar-refractivity contribution in [3.05, 3.63) is 57.8 Å². The topological polar surface area (TPSA) is 35.2 Å². The maximum Gasteiger partial charge on any atom is 0.201 e. The van der Waals surface area contributed by atoms with Crippen LogP contribution in [0, 0.1) is 17.5 Å². The van der Waals surface area contributed by atoms with E-state index in [-0.39, 0.29) is 29.5 Å². The highest BCUT2D eigenvalue weighted by Crippen LogP contribution is 2.32. The van der Waals surface area contributed by atoms with Gasteiger partial charge in [0.1, 0.15) is 11.6 Å². The van der Waals surface area contributed by atoms with E-state index in [1.807, 2.05) is 0 Å². The third-order valence-corrected chi connectivity index (χ3v) is 3.24. The van der Waals surface area contributed by atoms with Crippen LogP contribution in [0.3, 0.4) is 0 Å². The quantitative estimate of drug-likeness (QED) is 0.812. The predicted octanol–water partition coefficient (Wildman–Crippen LogP) is 4.55. The van der Waals surface area contributed by atoms with Gasteiger partial charge in [0, 0.05) is 16.1 Å². The lowest BCUT2D eigenvalue weighted by atomic mass is 10.1. The summed E-state index contributed by atoms with van der Waals surface area (Å²) in [6.07, 6.45) is 0.222. The molecule has 2 aromatic rings. The molecular weight excluding hydrogens is 347 g/mol. The zero-order chi connectivity index (χ0) is 15.6. The Labute approximate surface area is 128 Å². The van der Waals surface area contributed by atoms with Crippen LogP contribution in [0.4, 0.5) is 13.2 Å². The lowest BCUT2D eigenvalue weighted by molar-refractivity contribution is 0.408. The lowest BCUT2D eigenvalue weighted by Crippen LogP contribution is -2.19. The summed E-state index contributed by atoms with van der Waals surface area (Å²) in [5.74, 6) is -2.89. The minimum absolute atomic E-state index is 0.115. The molecule has 0 fully saturated rings. The fraction of sp³-hybridized carbons (Fsp3) is 0.200. The molecule has 1 atom stereocenters. The first-order valence-corrected chi connectivity index (χ1v) is 7.03. The molecule has 1 unspecified atom stereocenters. The molecule has 0 aliphatic carbocycles. The van der Waals surface area contributed by atoms with E-state index in [0.717, 1.165) is 6.07 Å². The van der Waals surface area contributed by atoms with E-state index >= 15 is 0 Å². The van der Waals surface area contributed by atoms with E-state index in [4.69, 9.17) is 10.5 Å². The van der Waals surface area contributed by atoms with Gasteiger partial charge in [0.05, 0.1) is 0 Å². The second-order valence-corrected chi connectivity index (χ2v) is 5.62. The van der Waals surface area contributed by atoms with E-state index in [1.54, 1.807) is 6.92 Å². The summed E-state index contributed by atoms with van der Waals surface area (Å²) in [4.78, 5) is 0. The lowest BCUT2D eigenvalue weighted by Gasteiger charge is -2.14. The van der Waals surface area contributed by atoms with Gasteiger partial charge in [-0.3, -0.25) is 0 Å². The number of rotatable bonds is 4. The Morgan fingerprint density at radius 1 is 1.14 bits per heavy atom. The van der Waals surface area contributed by atoms with Crippen LogP contribution in [-0.2, 0) is 6.42 Å². The molecular formula is C15H13BrF3NO. The van der Waals surface area contributed by atoms with Gasteiger partial charge in [-0.1, -0.05) is 22.0 Å². The maximum absolute atomic E-state index is 13.9. The van der Waals surface area contributed by atoms with Crippen molar-refractivity contribution < 1.29 is 17.9 Å². The number of hydrogen-bond donors (Lipinski definition) is 1. The summed E-state index contributed by atoms with van der Waals surface area (Å²) in [5.41, 5.74) is 5.90. The van der Waals surface area contributed by atoms with Gasteiger partial charge in [-0.2, -0.15) is 4.39 Å². The van der Waals surface area contributed by atoms with Crippen molar-refractivity contribution in [3.63, 3.8) is 0 Å². The molecule has 0 spiro atoms. The van der Waals surface area contributed by atoms with Crippen LogP contribution in [0.5, 0.6) is 11.5 Å². The van der Waals surface area contributed by atoms with Gasteiger partial charge >= 0.3 is 0 Å². The van der Waals surface area contributed by atoms with Crippen LogP contribution in [0.2, 0.25) is 0 Å². The Bertz CT molecular complexity index is 662. The van der Waals surface area contributed by atoms with Crippen molar-refractivity contribution in [1.82, 2.24) is 0 Å². The first kappa shape index (κ1) is 15.9. The van der Waals surface area contributed by atoms with Crippen molar-refractivity contribution in [2.24, 2.45) is 5.73 Å². The molecule has 0 heterocycles. The standard InChI is InChI=1S/C15H13BrF3NO/c1-8(20)5-10-11(17)3-2-4-13(10)21-14-7-9(16)6-12(18)15(14)19/h2-4,6-8H,5,20H2,1H3. The van der Waals surface area contributed by atoms with E-state index < -0.39 is 17.5 Å². The zero-order valence-electron chi connectivity index (χ0n) is 11.2. The summed E-state index contributed by atoms with van der Waals surface area (Å²) in [5, 5.41) is 0. The van der Waals surface area contributed by atoms with Crippen LogP contribution in [0.1, 0.15) is 12.5 Å². The molecule has 2 N–H and O–H groups in total. The molecule has 6 heteroatoms. The zero-order valence-corrected chi connectivity index (χ0v) is 12.8. The molecule has 0 aliphatic rings. The van der Waals surface area contributed by atoms with Gasteiger partial charge in [0.25, 0.3) is 0 Å². The summed E-state index contributed by atoms with van der Waals surface area (Å²) < 4.78 is 46.6. The Hall–Kier alpha value is -1.53. The van der Waals surface area contributed by atoms with Crippen molar-refractivity contribution in [2.75, 3.05) is 0 Å². The predicted molar refractivity (Wildman–Crippen MR) is 77.9 cm³/mol. The fourth-order valence-electron chi connectivity index (χ4n) is 1.88. The molecule has 0 saturated heterocycles. The molecule has 0 radical (unpaired) electrons. The summed E-state index contributed by atoms with van der Waals surface area (Å²) >= 11 is 3.05. The van der Waals surface area contributed by atoms with Gasteiger partial charge < -0.3 is 10.5 Å². The van der Waals surface area contributed by atoms with Gasteiger partial charge in [0.2, 0.25) is 5.82 Å². The number of ether oxygens (including phenoxy) is 1. The molecule has 0 aromatic heterocycles. The van der Waals surface area contributed by atoms with Crippen LogP contribution in [0.25, 0.3) is 0 Å². The molecule has 0 amide bonds. The normalized spacial score (nSPS) is 12.3. The Morgan fingerprint density at radius 2 is 1.86 bits per heavy atom. The fourth-order valence-corrected chi connectivity index (χ4v) is 2.29.